The number of benzene rings is 1. The maximum Gasteiger partial charge on any atom is 0.243 e. The van der Waals surface area contributed by atoms with Crippen LogP contribution in [0.2, 0.25) is 0 Å². The van der Waals surface area contributed by atoms with Gasteiger partial charge in [-0.05, 0) is 18.4 Å². The number of hydrogen-bond donors (Lipinski definition) is 1. The molecule has 0 spiro atoms. The van der Waals surface area contributed by atoms with Gasteiger partial charge in [-0.3, -0.25) is 14.5 Å². The standard InChI is InChI=1S/C20H26N4O2/c21-16-20(8-4-5-9-20)19(26)24-12-10-23(11-13-24)15-18(25)22-14-17-6-2-1-3-7-17/h1-3,6-7H,4-5,8-15H2,(H,22,25). The molecule has 1 aromatic carbocycles. The van der Waals surface area contributed by atoms with Gasteiger partial charge in [0.2, 0.25) is 11.8 Å². The number of nitriles is 1. The molecule has 26 heavy (non-hydrogen) atoms. The maximum absolute atomic E-state index is 12.7. The molecule has 2 amide bonds. The normalized spacial score (nSPS) is 19.7. The van der Waals surface area contributed by atoms with Crippen molar-refractivity contribution in [1.82, 2.24) is 15.1 Å². The Morgan fingerprint density at radius 1 is 1.08 bits per heavy atom. The fraction of sp³-hybridized carbons (Fsp3) is 0.550. The molecule has 1 heterocycles. The van der Waals surface area contributed by atoms with Gasteiger partial charge in [0.1, 0.15) is 5.41 Å². The Labute approximate surface area is 154 Å². The van der Waals surface area contributed by atoms with E-state index in [2.05, 4.69) is 16.3 Å². The first-order chi connectivity index (χ1) is 12.6. The number of carbonyl (C=O) groups is 2. The second-order valence-electron chi connectivity index (χ2n) is 7.23. The highest BCUT2D eigenvalue weighted by Crippen LogP contribution is 2.39. The fourth-order valence-corrected chi connectivity index (χ4v) is 3.82. The van der Waals surface area contributed by atoms with Gasteiger partial charge >= 0.3 is 0 Å². The van der Waals surface area contributed by atoms with Crippen LogP contribution in [0.5, 0.6) is 0 Å². The molecule has 1 N–H and O–H groups in total. The van der Waals surface area contributed by atoms with Gasteiger partial charge in [-0.2, -0.15) is 5.26 Å². The number of nitrogens with one attached hydrogen (secondary N) is 1. The van der Waals surface area contributed by atoms with Crippen molar-refractivity contribution >= 4 is 11.8 Å². The molecular formula is C20H26N4O2. The molecule has 0 bridgehead atoms. The van der Waals surface area contributed by atoms with Gasteiger partial charge < -0.3 is 10.2 Å². The van der Waals surface area contributed by atoms with Crippen LogP contribution in [0.4, 0.5) is 0 Å². The number of nitrogens with zero attached hydrogens (tertiary/aromatic N) is 3. The molecule has 1 saturated carbocycles. The zero-order valence-electron chi connectivity index (χ0n) is 15.1. The Kier molecular flexibility index (Phi) is 5.89. The van der Waals surface area contributed by atoms with Gasteiger partial charge in [0.25, 0.3) is 0 Å². The van der Waals surface area contributed by atoms with Crippen LogP contribution in [0.3, 0.4) is 0 Å². The van der Waals surface area contributed by atoms with Crippen molar-refractivity contribution in [2.75, 3.05) is 32.7 Å². The molecule has 3 rings (SSSR count). The molecule has 2 fully saturated rings. The Morgan fingerprint density at radius 2 is 1.73 bits per heavy atom. The summed E-state index contributed by atoms with van der Waals surface area (Å²) in [4.78, 5) is 28.8. The van der Waals surface area contributed by atoms with Crippen LogP contribution >= 0.6 is 0 Å². The number of amides is 2. The second-order valence-corrected chi connectivity index (χ2v) is 7.23. The molecule has 0 aromatic heterocycles. The maximum atomic E-state index is 12.7. The fourth-order valence-electron chi connectivity index (χ4n) is 3.82. The highest BCUT2D eigenvalue weighted by Gasteiger charge is 2.44. The largest absolute Gasteiger partial charge is 0.351 e. The van der Waals surface area contributed by atoms with Crippen LogP contribution in [0, 0.1) is 16.7 Å². The summed E-state index contributed by atoms with van der Waals surface area (Å²) in [5.74, 6) is -0.0106. The van der Waals surface area contributed by atoms with Gasteiger partial charge in [-0.1, -0.05) is 43.2 Å². The number of carbonyl (C=O) groups excluding carboxylic acids is 2. The van der Waals surface area contributed by atoms with E-state index in [1.54, 1.807) is 0 Å². The summed E-state index contributed by atoms with van der Waals surface area (Å²) in [5.41, 5.74) is 0.282. The quantitative estimate of drug-likeness (QED) is 0.870. The third-order valence-corrected chi connectivity index (χ3v) is 5.44. The summed E-state index contributed by atoms with van der Waals surface area (Å²) in [6, 6.07) is 12.1. The lowest BCUT2D eigenvalue weighted by Gasteiger charge is -2.37. The molecule has 1 aromatic rings. The van der Waals surface area contributed by atoms with Crippen molar-refractivity contribution in [3.05, 3.63) is 35.9 Å². The van der Waals surface area contributed by atoms with E-state index in [-0.39, 0.29) is 11.8 Å². The first-order valence-corrected chi connectivity index (χ1v) is 9.37. The Balaban J connectivity index is 1.43. The number of rotatable bonds is 5. The Bertz CT molecular complexity index is 669. The van der Waals surface area contributed by atoms with Crippen LogP contribution < -0.4 is 5.32 Å². The van der Waals surface area contributed by atoms with Crippen molar-refractivity contribution in [2.45, 2.75) is 32.2 Å². The van der Waals surface area contributed by atoms with E-state index in [9.17, 15) is 14.9 Å². The molecule has 0 atom stereocenters. The van der Waals surface area contributed by atoms with Crippen LogP contribution in [0.25, 0.3) is 0 Å². The molecule has 0 radical (unpaired) electrons. The Hall–Kier alpha value is -2.39. The number of piperazine rings is 1. The summed E-state index contributed by atoms with van der Waals surface area (Å²) in [6.07, 6.45) is 3.29. The summed E-state index contributed by atoms with van der Waals surface area (Å²) < 4.78 is 0. The minimum atomic E-state index is -0.796. The smallest absolute Gasteiger partial charge is 0.243 e. The van der Waals surface area contributed by atoms with Crippen molar-refractivity contribution in [2.24, 2.45) is 5.41 Å². The lowest BCUT2D eigenvalue weighted by molar-refractivity contribution is -0.140. The number of hydrogen-bond acceptors (Lipinski definition) is 4. The summed E-state index contributed by atoms with van der Waals surface area (Å²) in [6.45, 7) is 3.40. The van der Waals surface area contributed by atoms with E-state index in [1.807, 2.05) is 35.2 Å². The Morgan fingerprint density at radius 3 is 2.35 bits per heavy atom. The lowest BCUT2D eigenvalue weighted by atomic mass is 9.86. The van der Waals surface area contributed by atoms with Crippen molar-refractivity contribution in [1.29, 1.82) is 5.26 Å². The van der Waals surface area contributed by atoms with Gasteiger partial charge in [0.15, 0.2) is 0 Å². The van der Waals surface area contributed by atoms with E-state index in [0.717, 1.165) is 18.4 Å². The first-order valence-electron chi connectivity index (χ1n) is 9.37. The molecule has 2 aliphatic rings. The molecule has 1 aliphatic heterocycles. The summed E-state index contributed by atoms with van der Waals surface area (Å²) in [7, 11) is 0. The van der Waals surface area contributed by atoms with Gasteiger partial charge in [0, 0.05) is 32.7 Å². The zero-order chi connectivity index (χ0) is 18.4. The topological polar surface area (TPSA) is 76.4 Å². The third kappa shape index (κ3) is 4.23. The average molecular weight is 354 g/mol. The molecule has 6 nitrogen and oxygen atoms in total. The first kappa shape index (κ1) is 18.4. The minimum Gasteiger partial charge on any atom is -0.351 e. The molecular weight excluding hydrogens is 328 g/mol. The van der Waals surface area contributed by atoms with Crippen molar-refractivity contribution < 1.29 is 9.59 Å². The van der Waals surface area contributed by atoms with Crippen molar-refractivity contribution in [3.63, 3.8) is 0 Å². The molecule has 6 heteroatoms. The minimum absolute atomic E-state index is 0.00193. The van der Waals surface area contributed by atoms with E-state index < -0.39 is 5.41 Å². The zero-order valence-corrected chi connectivity index (χ0v) is 15.1. The van der Waals surface area contributed by atoms with Crippen LogP contribution in [-0.2, 0) is 16.1 Å². The summed E-state index contributed by atoms with van der Waals surface area (Å²) >= 11 is 0. The molecule has 1 aliphatic carbocycles. The van der Waals surface area contributed by atoms with E-state index in [1.165, 1.54) is 0 Å². The highest BCUT2D eigenvalue weighted by molar-refractivity contribution is 5.86. The van der Waals surface area contributed by atoms with Gasteiger partial charge in [0.05, 0.1) is 12.6 Å². The molecule has 0 unspecified atom stereocenters. The van der Waals surface area contributed by atoms with Gasteiger partial charge in [-0.25, -0.2) is 0 Å². The summed E-state index contributed by atoms with van der Waals surface area (Å²) in [5, 5.41) is 12.4. The lowest BCUT2D eigenvalue weighted by Crippen LogP contribution is -2.54. The van der Waals surface area contributed by atoms with Crippen molar-refractivity contribution in [3.8, 4) is 6.07 Å². The molecule has 138 valence electrons. The van der Waals surface area contributed by atoms with E-state index in [4.69, 9.17) is 0 Å². The van der Waals surface area contributed by atoms with Crippen LogP contribution in [-0.4, -0.2) is 54.3 Å². The van der Waals surface area contributed by atoms with E-state index >= 15 is 0 Å². The molecule has 1 saturated heterocycles. The third-order valence-electron chi connectivity index (χ3n) is 5.44. The van der Waals surface area contributed by atoms with Crippen LogP contribution in [0.15, 0.2) is 30.3 Å². The second kappa shape index (κ2) is 8.33. The SMILES string of the molecule is N#CC1(C(=O)N2CCN(CC(=O)NCc3ccccc3)CC2)CCCC1. The average Bonchev–Trinajstić information content (AvgIpc) is 3.18. The monoisotopic (exact) mass is 354 g/mol. The highest BCUT2D eigenvalue weighted by atomic mass is 16.2. The predicted octanol–water partition coefficient (Wildman–Crippen LogP) is 1.53. The van der Waals surface area contributed by atoms with E-state index in [0.29, 0.717) is 52.1 Å². The predicted molar refractivity (Wildman–Crippen MR) is 97.8 cm³/mol. The van der Waals surface area contributed by atoms with Crippen LogP contribution in [0.1, 0.15) is 31.2 Å². The van der Waals surface area contributed by atoms with Gasteiger partial charge in [-0.15, -0.1) is 0 Å².